The third-order valence-corrected chi connectivity index (χ3v) is 4.74. The van der Waals surface area contributed by atoms with E-state index in [9.17, 15) is 9.18 Å². The quantitative estimate of drug-likeness (QED) is 0.940. The van der Waals surface area contributed by atoms with Crippen LogP contribution in [0, 0.1) is 5.82 Å². The highest BCUT2D eigenvalue weighted by Crippen LogP contribution is 2.29. The van der Waals surface area contributed by atoms with Gasteiger partial charge in [0.25, 0.3) is 0 Å². The number of amides is 1. The SMILES string of the molecule is NC(=O)[C@@H]1CN(Cc2ccc(-c3cccc(F)c3)s2)CCO1. The summed E-state index contributed by atoms with van der Waals surface area (Å²) in [5, 5.41) is 0. The van der Waals surface area contributed by atoms with Gasteiger partial charge in [0.1, 0.15) is 11.9 Å². The van der Waals surface area contributed by atoms with E-state index in [-0.39, 0.29) is 5.82 Å². The van der Waals surface area contributed by atoms with Crippen molar-refractivity contribution in [3.05, 3.63) is 47.1 Å². The lowest BCUT2D eigenvalue weighted by Gasteiger charge is -2.30. The van der Waals surface area contributed by atoms with Gasteiger partial charge in [0, 0.05) is 29.4 Å². The molecule has 0 spiro atoms. The molecule has 2 N–H and O–H groups in total. The Labute approximate surface area is 132 Å². The van der Waals surface area contributed by atoms with Crippen LogP contribution in [0.3, 0.4) is 0 Å². The number of hydrogen-bond acceptors (Lipinski definition) is 4. The topological polar surface area (TPSA) is 55.6 Å². The minimum atomic E-state index is -0.531. The molecule has 1 fully saturated rings. The first-order chi connectivity index (χ1) is 10.6. The van der Waals surface area contributed by atoms with Crippen LogP contribution in [0.4, 0.5) is 4.39 Å². The second-order valence-corrected chi connectivity index (χ2v) is 6.44. The van der Waals surface area contributed by atoms with Gasteiger partial charge in [-0.15, -0.1) is 11.3 Å². The summed E-state index contributed by atoms with van der Waals surface area (Å²) < 4.78 is 18.6. The Hall–Kier alpha value is -1.76. The number of thiophene rings is 1. The fourth-order valence-corrected chi connectivity index (χ4v) is 3.55. The van der Waals surface area contributed by atoms with Crippen molar-refractivity contribution in [1.82, 2.24) is 4.90 Å². The van der Waals surface area contributed by atoms with Gasteiger partial charge in [0.05, 0.1) is 6.61 Å². The van der Waals surface area contributed by atoms with Crippen molar-refractivity contribution in [1.29, 1.82) is 0 Å². The zero-order valence-corrected chi connectivity index (χ0v) is 12.8. The summed E-state index contributed by atoms with van der Waals surface area (Å²) >= 11 is 1.63. The molecule has 3 rings (SSSR count). The second-order valence-electron chi connectivity index (χ2n) is 5.27. The van der Waals surface area contributed by atoms with Crippen molar-refractivity contribution in [3.8, 4) is 10.4 Å². The van der Waals surface area contributed by atoms with Crippen molar-refractivity contribution < 1.29 is 13.9 Å². The molecule has 116 valence electrons. The molecule has 1 amide bonds. The molecule has 1 aromatic heterocycles. The predicted octanol–water partition coefficient (Wildman–Crippen LogP) is 2.24. The standard InChI is InChI=1S/C16H17FN2O2S/c17-12-3-1-2-11(8-12)15-5-4-13(22-15)9-19-6-7-21-14(10-19)16(18)20/h1-5,8,14H,6-7,9-10H2,(H2,18,20)/t14-/m0/s1. The lowest BCUT2D eigenvalue weighted by Crippen LogP contribution is -2.47. The third-order valence-electron chi connectivity index (χ3n) is 3.62. The number of hydrogen-bond donors (Lipinski definition) is 1. The number of rotatable bonds is 4. The number of nitrogens with two attached hydrogens (primary N) is 1. The van der Waals surface area contributed by atoms with Gasteiger partial charge in [0.15, 0.2) is 0 Å². The molecule has 1 atom stereocenters. The number of ether oxygens (including phenoxy) is 1. The molecule has 0 unspecified atom stereocenters. The molecule has 1 saturated heterocycles. The molecule has 22 heavy (non-hydrogen) atoms. The molecule has 1 aromatic carbocycles. The Balaban J connectivity index is 1.68. The van der Waals surface area contributed by atoms with Crippen LogP contribution in [0.1, 0.15) is 4.88 Å². The summed E-state index contributed by atoms with van der Waals surface area (Å²) in [4.78, 5) is 15.6. The zero-order chi connectivity index (χ0) is 15.5. The Kier molecular flexibility index (Phi) is 4.52. The van der Waals surface area contributed by atoms with Crippen LogP contribution in [0.15, 0.2) is 36.4 Å². The zero-order valence-electron chi connectivity index (χ0n) is 12.0. The van der Waals surface area contributed by atoms with Gasteiger partial charge < -0.3 is 10.5 Å². The maximum Gasteiger partial charge on any atom is 0.247 e. The Morgan fingerprint density at radius 1 is 1.41 bits per heavy atom. The van der Waals surface area contributed by atoms with Crippen molar-refractivity contribution in [2.45, 2.75) is 12.6 Å². The van der Waals surface area contributed by atoms with Crippen molar-refractivity contribution in [2.24, 2.45) is 5.73 Å². The van der Waals surface area contributed by atoms with E-state index >= 15 is 0 Å². The van der Waals surface area contributed by atoms with Gasteiger partial charge in [0.2, 0.25) is 5.91 Å². The van der Waals surface area contributed by atoms with E-state index in [1.165, 1.54) is 17.0 Å². The van der Waals surface area contributed by atoms with E-state index < -0.39 is 12.0 Å². The van der Waals surface area contributed by atoms with Crippen LogP contribution in [-0.4, -0.2) is 36.6 Å². The normalized spacial score (nSPS) is 19.2. The van der Waals surface area contributed by atoms with Gasteiger partial charge in [-0.2, -0.15) is 0 Å². The largest absolute Gasteiger partial charge is 0.367 e. The Morgan fingerprint density at radius 3 is 3.05 bits per heavy atom. The molecule has 4 nitrogen and oxygen atoms in total. The van der Waals surface area contributed by atoms with Crippen molar-refractivity contribution in [3.63, 3.8) is 0 Å². The number of carbonyl (C=O) groups excluding carboxylic acids is 1. The highest BCUT2D eigenvalue weighted by atomic mass is 32.1. The predicted molar refractivity (Wildman–Crippen MR) is 83.9 cm³/mol. The minimum absolute atomic E-state index is 0.232. The summed E-state index contributed by atoms with van der Waals surface area (Å²) in [5.74, 6) is -0.652. The third kappa shape index (κ3) is 3.52. The van der Waals surface area contributed by atoms with Crippen molar-refractivity contribution >= 4 is 17.2 Å². The molecule has 6 heteroatoms. The summed E-state index contributed by atoms with van der Waals surface area (Å²) in [7, 11) is 0. The van der Waals surface area contributed by atoms with Crippen LogP contribution < -0.4 is 5.73 Å². The smallest absolute Gasteiger partial charge is 0.247 e. The fourth-order valence-electron chi connectivity index (χ4n) is 2.50. The van der Waals surface area contributed by atoms with Gasteiger partial charge in [-0.3, -0.25) is 9.69 Å². The number of benzene rings is 1. The highest BCUT2D eigenvalue weighted by Gasteiger charge is 2.24. The highest BCUT2D eigenvalue weighted by molar-refractivity contribution is 7.15. The maximum absolute atomic E-state index is 13.3. The lowest BCUT2D eigenvalue weighted by molar-refractivity contribution is -0.135. The molecule has 2 heterocycles. The molecule has 0 saturated carbocycles. The van der Waals surface area contributed by atoms with Gasteiger partial charge in [-0.1, -0.05) is 12.1 Å². The summed E-state index contributed by atoms with van der Waals surface area (Å²) in [6, 6.07) is 10.6. The number of primary amides is 1. The number of morpholine rings is 1. The van der Waals surface area contributed by atoms with Crippen LogP contribution in [0.5, 0.6) is 0 Å². The minimum Gasteiger partial charge on any atom is -0.367 e. The van der Waals surface area contributed by atoms with E-state index in [2.05, 4.69) is 4.90 Å². The molecule has 1 aliphatic heterocycles. The van der Waals surface area contributed by atoms with E-state index in [0.717, 1.165) is 23.5 Å². The van der Waals surface area contributed by atoms with E-state index in [1.807, 2.05) is 18.2 Å². The van der Waals surface area contributed by atoms with Crippen LogP contribution in [-0.2, 0) is 16.1 Å². The van der Waals surface area contributed by atoms with Gasteiger partial charge in [-0.05, 0) is 29.8 Å². The summed E-state index contributed by atoms with van der Waals surface area (Å²) in [6.07, 6.45) is -0.531. The molecule has 0 aliphatic carbocycles. The monoisotopic (exact) mass is 320 g/mol. The van der Waals surface area contributed by atoms with E-state index in [4.69, 9.17) is 10.5 Å². The first-order valence-electron chi connectivity index (χ1n) is 7.10. The molecular formula is C16H17FN2O2S. The maximum atomic E-state index is 13.3. The Bertz CT molecular complexity index is 674. The van der Waals surface area contributed by atoms with Crippen LogP contribution in [0.25, 0.3) is 10.4 Å². The summed E-state index contributed by atoms with van der Waals surface area (Å²) in [5.41, 5.74) is 6.18. The second kappa shape index (κ2) is 6.56. The average molecular weight is 320 g/mol. The molecule has 0 radical (unpaired) electrons. The number of halogens is 1. The van der Waals surface area contributed by atoms with Crippen LogP contribution in [0.2, 0.25) is 0 Å². The van der Waals surface area contributed by atoms with E-state index in [0.29, 0.717) is 13.2 Å². The van der Waals surface area contributed by atoms with Gasteiger partial charge >= 0.3 is 0 Å². The number of carbonyl (C=O) groups is 1. The van der Waals surface area contributed by atoms with Gasteiger partial charge in [-0.25, -0.2) is 4.39 Å². The fraction of sp³-hybridized carbons (Fsp3) is 0.312. The molecule has 0 bridgehead atoms. The average Bonchev–Trinajstić information content (AvgIpc) is 2.96. The summed E-state index contributed by atoms with van der Waals surface area (Å²) in [6.45, 7) is 2.54. The molecular weight excluding hydrogens is 303 g/mol. The first-order valence-corrected chi connectivity index (χ1v) is 7.91. The molecule has 1 aliphatic rings. The van der Waals surface area contributed by atoms with Crippen LogP contribution >= 0.6 is 11.3 Å². The first kappa shape index (κ1) is 15.1. The Morgan fingerprint density at radius 2 is 2.27 bits per heavy atom. The van der Waals surface area contributed by atoms with E-state index in [1.54, 1.807) is 17.4 Å². The lowest BCUT2D eigenvalue weighted by atomic mass is 10.2. The van der Waals surface area contributed by atoms with Crippen molar-refractivity contribution in [2.75, 3.05) is 19.7 Å². The molecule has 2 aromatic rings. The number of nitrogens with zero attached hydrogens (tertiary/aromatic N) is 1.